The fourth-order valence-corrected chi connectivity index (χ4v) is 3.04. The van der Waals surface area contributed by atoms with Crippen LogP contribution in [-0.4, -0.2) is 21.4 Å². The molecule has 4 nitrogen and oxygen atoms in total. The monoisotopic (exact) mass is 294 g/mol. The number of nitrogens with one attached hydrogen (secondary N) is 2. The zero-order chi connectivity index (χ0) is 14.0. The second kappa shape index (κ2) is 5.71. The van der Waals surface area contributed by atoms with E-state index in [1.165, 1.54) is 11.8 Å². The third-order valence-electron chi connectivity index (χ3n) is 2.80. The molecule has 1 fully saturated rings. The first-order valence-corrected chi connectivity index (χ1v) is 7.13. The van der Waals surface area contributed by atoms with Gasteiger partial charge >= 0.3 is 0 Å². The Morgan fingerprint density at radius 1 is 1.47 bits per heavy atom. The number of rotatable bonds is 3. The number of hydrogen-bond acceptors (Lipinski definition) is 4. The van der Waals surface area contributed by atoms with Gasteiger partial charge in [-0.05, 0) is 31.0 Å². The molecular weight excluding hydrogens is 280 g/mol. The van der Waals surface area contributed by atoms with Crippen LogP contribution in [0.5, 0.6) is 0 Å². The number of thiocarbonyl (C=S) groups is 1. The molecule has 0 aliphatic carbocycles. The molecule has 0 bridgehead atoms. The van der Waals surface area contributed by atoms with E-state index < -0.39 is 5.25 Å². The van der Waals surface area contributed by atoms with Gasteiger partial charge < -0.3 is 10.6 Å². The van der Waals surface area contributed by atoms with E-state index in [9.17, 15) is 9.59 Å². The maximum atomic E-state index is 11.9. The van der Waals surface area contributed by atoms with Crippen molar-refractivity contribution in [2.24, 2.45) is 0 Å². The van der Waals surface area contributed by atoms with E-state index in [0.717, 1.165) is 16.8 Å². The molecular formula is C13H14N2O2S2. The zero-order valence-electron chi connectivity index (χ0n) is 10.6. The highest BCUT2D eigenvalue weighted by molar-refractivity contribution is 8.24. The summed E-state index contributed by atoms with van der Waals surface area (Å²) >= 11 is 6.12. The first-order chi connectivity index (χ1) is 8.95. The molecule has 1 atom stereocenters. The lowest BCUT2D eigenvalue weighted by Crippen LogP contribution is -2.27. The van der Waals surface area contributed by atoms with Crippen molar-refractivity contribution in [1.82, 2.24) is 5.32 Å². The first kappa shape index (κ1) is 14.0. The Kier molecular flexibility index (Phi) is 4.21. The van der Waals surface area contributed by atoms with Gasteiger partial charge in [-0.1, -0.05) is 36.1 Å². The van der Waals surface area contributed by atoms with Crippen LogP contribution in [0, 0.1) is 13.8 Å². The SMILES string of the molecule is Cc1ccc(C)c(NC(=O)CC2SC(=S)NC2=O)c1. The van der Waals surface area contributed by atoms with Crippen LogP contribution in [0.2, 0.25) is 0 Å². The lowest BCUT2D eigenvalue weighted by Gasteiger charge is -2.10. The predicted octanol–water partition coefficient (Wildman–Crippen LogP) is 2.15. The summed E-state index contributed by atoms with van der Waals surface area (Å²) in [5.74, 6) is -0.364. The molecule has 1 aromatic carbocycles. The number of anilines is 1. The van der Waals surface area contributed by atoms with Crippen molar-refractivity contribution in [3.8, 4) is 0 Å². The van der Waals surface area contributed by atoms with Crippen LogP contribution >= 0.6 is 24.0 Å². The van der Waals surface area contributed by atoms with Crippen molar-refractivity contribution < 1.29 is 9.59 Å². The number of hydrogen-bond donors (Lipinski definition) is 2. The summed E-state index contributed by atoms with van der Waals surface area (Å²) in [5.41, 5.74) is 2.86. The summed E-state index contributed by atoms with van der Waals surface area (Å²) < 4.78 is 0.439. The summed E-state index contributed by atoms with van der Waals surface area (Å²) in [6.45, 7) is 3.90. The van der Waals surface area contributed by atoms with Crippen LogP contribution in [0.1, 0.15) is 17.5 Å². The summed E-state index contributed by atoms with van der Waals surface area (Å²) in [5, 5.41) is 4.95. The number of amides is 2. The Bertz CT molecular complexity index is 558. The average Bonchev–Trinajstić information content (AvgIpc) is 2.62. The largest absolute Gasteiger partial charge is 0.326 e. The van der Waals surface area contributed by atoms with Crippen molar-refractivity contribution >= 4 is 45.8 Å². The van der Waals surface area contributed by atoms with E-state index in [4.69, 9.17) is 12.2 Å². The topological polar surface area (TPSA) is 58.2 Å². The maximum absolute atomic E-state index is 11.9. The van der Waals surface area contributed by atoms with E-state index in [-0.39, 0.29) is 18.2 Å². The molecule has 0 spiro atoms. The Morgan fingerprint density at radius 3 is 2.84 bits per heavy atom. The minimum absolute atomic E-state index is 0.129. The van der Waals surface area contributed by atoms with Crippen LogP contribution < -0.4 is 10.6 Å². The summed E-state index contributed by atoms with van der Waals surface area (Å²) in [7, 11) is 0. The first-order valence-electron chi connectivity index (χ1n) is 5.84. The highest BCUT2D eigenvalue weighted by Gasteiger charge is 2.30. The van der Waals surface area contributed by atoms with Gasteiger partial charge in [0.15, 0.2) is 0 Å². The Balaban J connectivity index is 2.00. The minimum atomic E-state index is -0.419. The molecule has 1 saturated heterocycles. The van der Waals surface area contributed by atoms with Gasteiger partial charge in [0.25, 0.3) is 0 Å². The Hall–Kier alpha value is -1.40. The molecule has 1 unspecified atom stereocenters. The van der Waals surface area contributed by atoms with Crippen LogP contribution in [0.25, 0.3) is 0 Å². The third-order valence-corrected chi connectivity index (χ3v) is 4.18. The highest BCUT2D eigenvalue weighted by Crippen LogP contribution is 2.23. The van der Waals surface area contributed by atoms with Gasteiger partial charge in [0.1, 0.15) is 4.32 Å². The van der Waals surface area contributed by atoms with E-state index in [2.05, 4.69) is 10.6 Å². The van der Waals surface area contributed by atoms with Crippen molar-refractivity contribution in [2.45, 2.75) is 25.5 Å². The maximum Gasteiger partial charge on any atom is 0.239 e. The average molecular weight is 294 g/mol. The molecule has 0 saturated carbocycles. The molecule has 6 heteroatoms. The van der Waals surface area contributed by atoms with Gasteiger partial charge in [0.05, 0.1) is 5.25 Å². The molecule has 0 radical (unpaired) electrons. The third kappa shape index (κ3) is 3.54. The van der Waals surface area contributed by atoms with Gasteiger partial charge in [-0.25, -0.2) is 0 Å². The van der Waals surface area contributed by atoms with E-state index in [0.29, 0.717) is 4.32 Å². The standard InChI is InChI=1S/C13H14N2O2S2/c1-7-3-4-8(2)9(5-7)14-11(16)6-10-12(17)15-13(18)19-10/h3-5,10H,6H2,1-2H3,(H,14,16)(H,15,17,18). The molecule has 1 aliphatic rings. The summed E-state index contributed by atoms with van der Waals surface area (Å²) in [6.07, 6.45) is 0.129. The molecule has 2 amide bonds. The Labute approximate surface area is 121 Å². The molecule has 2 N–H and O–H groups in total. The van der Waals surface area contributed by atoms with Crippen LogP contribution in [0.4, 0.5) is 5.69 Å². The zero-order valence-corrected chi connectivity index (χ0v) is 12.3. The number of benzene rings is 1. The fourth-order valence-electron chi connectivity index (χ4n) is 1.77. The molecule has 19 heavy (non-hydrogen) atoms. The second-order valence-corrected chi connectivity index (χ2v) is 6.33. The van der Waals surface area contributed by atoms with Crippen molar-refractivity contribution in [2.75, 3.05) is 5.32 Å². The number of carbonyl (C=O) groups is 2. The molecule has 100 valence electrons. The molecule has 2 rings (SSSR count). The Morgan fingerprint density at radius 2 is 2.21 bits per heavy atom. The van der Waals surface area contributed by atoms with Crippen LogP contribution in [-0.2, 0) is 9.59 Å². The molecule has 1 aromatic rings. The van der Waals surface area contributed by atoms with Gasteiger partial charge in [-0.2, -0.15) is 0 Å². The number of carbonyl (C=O) groups excluding carboxylic acids is 2. The number of thioether (sulfide) groups is 1. The quantitative estimate of drug-likeness (QED) is 0.839. The van der Waals surface area contributed by atoms with E-state index >= 15 is 0 Å². The second-order valence-electron chi connectivity index (χ2n) is 4.45. The van der Waals surface area contributed by atoms with Crippen molar-refractivity contribution in [3.63, 3.8) is 0 Å². The minimum Gasteiger partial charge on any atom is -0.326 e. The van der Waals surface area contributed by atoms with Crippen LogP contribution in [0.15, 0.2) is 18.2 Å². The normalized spacial score (nSPS) is 18.3. The predicted molar refractivity (Wildman–Crippen MR) is 81.3 cm³/mol. The van der Waals surface area contributed by atoms with Gasteiger partial charge in [-0.3, -0.25) is 9.59 Å². The van der Waals surface area contributed by atoms with Crippen molar-refractivity contribution in [1.29, 1.82) is 0 Å². The van der Waals surface area contributed by atoms with E-state index in [1.54, 1.807) is 0 Å². The fraction of sp³-hybridized carbons (Fsp3) is 0.308. The molecule has 1 aliphatic heterocycles. The smallest absolute Gasteiger partial charge is 0.239 e. The lowest BCUT2D eigenvalue weighted by molar-refractivity contribution is -0.122. The molecule has 1 heterocycles. The summed E-state index contributed by atoms with van der Waals surface area (Å²) in [6, 6.07) is 5.86. The van der Waals surface area contributed by atoms with E-state index in [1.807, 2.05) is 32.0 Å². The van der Waals surface area contributed by atoms with Gasteiger partial charge in [0, 0.05) is 12.1 Å². The lowest BCUT2D eigenvalue weighted by atomic mass is 10.1. The van der Waals surface area contributed by atoms with Crippen molar-refractivity contribution in [3.05, 3.63) is 29.3 Å². The highest BCUT2D eigenvalue weighted by atomic mass is 32.2. The summed E-state index contributed by atoms with van der Waals surface area (Å²) in [4.78, 5) is 23.4. The molecule has 0 aromatic heterocycles. The van der Waals surface area contributed by atoms with Crippen LogP contribution in [0.3, 0.4) is 0 Å². The van der Waals surface area contributed by atoms with Gasteiger partial charge in [-0.15, -0.1) is 0 Å². The number of aryl methyl sites for hydroxylation is 2. The van der Waals surface area contributed by atoms with Gasteiger partial charge in [0.2, 0.25) is 11.8 Å².